The first-order valence-corrected chi connectivity index (χ1v) is 17.9. The predicted octanol–water partition coefficient (Wildman–Crippen LogP) is 3.06. The number of benzene rings is 4. The van der Waals surface area contributed by atoms with Crippen LogP contribution in [0.1, 0.15) is 43.7 Å². The molecule has 0 saturated heterocycles. The molecule has 0 aromatic heterocycles. The van der Waals surface area contributed by atoms with Crippen LogP contribution in [-0.2, 0) is 36.8 Å². The molecule has 0 fully saturated rings. The van der Waals surface area contributed by atoms with Gasteiger partial charge in [0.1, 0.15) is 17.9 Å². The maximum Gasteiger partial charge on any atom is 0.250 e. The van der Waals surface area contributed by atoms with Crippen molar-refractivity contribution in [3.63, 3.8) is 0 Å². The minimum absolute atomic E-state index is 0.00642. The molecule has 12 nitrogen and oxygen atoms in total. The molecule has 4 atom stereocenters. The van der Waals surface area contributed by atoms with E-state index in [-0.39, 0.29) is 44.3 Å². The van der Waals surface area contributed by atoms with Gasteiger partial charge in [-0.25, -0.2) is 4.39 Å². The Balaban J connectivity index is 1.66. The van der Waals surface area contributed by atoms with Gasteiger partial charge in [0.05, 0.1) is 12.6 Å². The molecule has 0 saturated carbocycles. The van der Waals surface area contributed by atoms with Crippen LogP contribution in [-0.4, -0.2) is 83.7 Å². The van der Waals surface area contributed by atoms with Gasteiger partial charge in [0, 0.05) is 24.8 Å². The van der Waals surface area contributed by atoms with E-state index < -0.39 is 59.6 Å². The molecule has 54 heavy (non-hydrogen) atoms. The number of nitrogens with zero attached hydrogens (tertiary/aromatic N) is 2. The quantitative estimate of drug-likeness (QED) is 0.0415. The fourth-order valence-corrected chi connectivity index (χ4v) is 6.45. The lowest BCUT2D eigenvalue weighted by Crippen LogP contribution is -2.67. The maximum absolute atomic E-state index is 14.7. The molecule has 0 aliphatic heterocycles. The monoisotopic (exact) mass is 740 g/mol. The second kappa shape index (κ2) is 19.0. The number of aliphatic hydroxyl groups excluding tert-OH is 1. The first-order valence-electron chi connectivity index (χ1n) is 17.9. The Kier molecular flexibility index (Phi) is 14.5. The van der Waals surface area contributed by atoms with E-state index >= 15 is 0 Å². The molecule has 4 rings (SSSR count). The molecule has 286 valence electrons. The van der Waals surface area contributed by atoms with Crippen LogP contribution in [0.2, 0.25) is 0 Å². The van der Waals surface area contributed by atoms with Crippen LogP contribution >= 0.6 is 0 Å². The van der Waals surface area contributed by atoms with Crippen molar-refractivity contribution in [1.82, 2.24) is 10.2 Å². The van der Waals surface area contributed by atoms with E-state index in [1.54, 1.807) is 12.1 Å². The number of fused-ring (bicyclic) bond motifs is 1. The standard InChI is InChI=1S/C41H49FN6O6/c1-27(47(2)37(51)21-14-28-12-15-31(42)16-13-28)40(54)48(33-19-17-32(44)18-20-33)41(26-50,22-5-6-23-43)38(52)36(25-49)46-39(53)35(45)24-30-10-7-9-29-8-3-4-11-34(29)30/h3-4,7-13,15-20,26-27,35-36,49H,5-6,14,21-25,43-45H2,1-2H3,(H,46,53)/t27-,35-,36-,41+/m0/s1. The van der Waals surface area contributed by atoms with Crippen LogP contribution in [0, 0.1) is 5.82 Å². The van der Waals surface area contributed by atoms with Gasteiger partial charge < -0.3 is 37.3 Å². The zero-order valence-corrected chi connectivity index (χ0v) is 30.6. The van der Waals surface area contributed by atoms with Crippen LogP contribution in [0.3, 0.4) is 0 Å². The van der Waals surface area contributed by atoms with E-state index in [0.717, 1.165) is 26.8 Å². The van der Waals surface area contributed by atoms with Crippen LogP contribution in [0.25, 0.3) is 10.8 Å². The number of amides is 3. The van der Waals surface area contributed by atoms with Gasteiger partial charge in [-0.1, -0.05) is 54.6 Å². The number of aliphatic hydroxyl groups is 1. The molecule has 4 aromatic carbocycles. The number of carbonyl (C=O) groups is 5. The highest BCUT2D eigenvalue weighted by molar-refractivity contribution is 6.17. The van der Waals surface area contributed by atoms with Gasteiger partial charge in [-0.05, 0) is 104 Å². The summed E-state index contributed by atoms with van der Waals surface area (Å²) in [5.74, 6) is -3.30. The zero-order valence-electron chi connectivity index (χ0n) is 30.6. The fraction of sp³-hybridized carbons (Fsp3) is 0.341. The second-order valence-electron chi connectivity index (χ2n) is 13.4. The number of aryl methyl sites for hydroxylation is 1. The fourth-order valence-electron chi connectivity index (χ4n) is 6.45. The normalized spacial score (nSPS) is 14.0. The number of unbranched alkanes of at least 4 members (excludes halogenated alkanes) is 1. The van der Waals surface area contributed by atoms with Crippen LogP contribution in [0.4, 0.5) is 15.8 Å². The number of hydrogen-bond donors (Lipinski definition) is 5. The summed E-state index contributed by atoms with van der Waals surface area (Å²) in [6.07, 6.45) is 1.11. The number of nitrogen functional groups attached to an aromatic ring is 1. The average Bonchev–Trinajstić information content (AvgIpc) is 3.18. The number of likely N-dealkylation sites (N-methyl/N-ethyl adjacent to an activating group) is 1. The molecule has 0 aliphatic carbocycles. The van der Waals surface area contributed by atoms with Gasteiger partial charge in [-0.15, -0.1) is 0 Å². The Bertz CT molecular complexity index is 1920. The number of aldehydes is 1. The lowest BCUT2D eigenvalue weighted by atomic mass is 9.82. The van der Waals surface area contributed by atoms with Gasteiger partial charge in [-0.2, -0.15) is 0 Å². The van der Waals surface area contributed by atoms with Crippen molar-refractivity contribution in [2.24, 2.45) is 11.5 Å². The maximum atomic E-state index is 14.7. The third kappa shape index (κ3) is 9.72. The average molecular weight is 741 g/mol. The van der Waals surface area contributed by atoms with Gasteiger partial charge in [-0.3, -0.25) is 24.1 Å². The number of hydrogen-bond acceptors (Lipinski definition) is 9. The minimum atomic E-state index is -2.27. The number of nitrogens with two attached hydrogens (primary N) is 3. The van der Waals surface area contributed by atoms with E-state index in [0.29, 0.717) is 18.4 Å². The van der Waals surface area contributed by atoms with E-state index in [4.69, 9.17) is 17.2 Å². The zero-order chi connectivity index (χ0) is 39.4. The number of rotatable bonds is 19. The molecule has 8 N–H and O–H groups in total. The van der Waals surface area contributed by atoms with Crippen molar-refractivity contribution in [2.45, 2.75) is 69.1 Å². The lowest BCUT2D eigenvalue weighted by molar-refractivity contribution is -0.141. The smallest absolute Gasteiger partial charge is 0.250 e. The molecule has 0 radical (unpaired) electrons. The Labute approximate surface area is 314 Å². The minimum Gasteiger partial charge on any atom is -0.399 e. The number of halogens is 1. The number of ketones is 1. The van der Waals surface area contributed by atoms with Crippen LogP contribution in [0.15, 0.2) is 91.0 Å². The molecule has 0 spiro atoms. The summed E-state index contributed by atoms with van der Waals surface area (Å²) in [6.45, 7) is 0.795. The second-order valence-corrected chi connectivity index (χ2v) is 13.4. The topological polar surface area (TPSA) is 202 Å². The summed E-state index contributed by atoms with van der Waals surface area (Å²) >= 11 is 0. The Hall–Kier alpha value is -5.50. The largest absolute Gasteiger partial charge is 0.399 e. The number of anilines is 2. The Morgan fingerprint density at radius 3 is 2.26 bits per heavy atom. The SMILES string of the molecule is C[C@@H](C(=O)N(c1ccc(N)cc1)[C@@](C=O)(CCCCN)C(=O)[C@H](CO)NC(=O)[C@@H](N)Cc1cccc2ccccc12)N(C)C(=O)CCc1ccc(F)cc1. The Morgan fingerprint density at radius 2 is 1.61 bits per heavy atom. The van der Waals surface area contributed by atoms with E-state index in [9.17, 15) is 33.5 Å². The molecule has 0 heterocycles. The molecular formula is C41H49FN6O6. The lowest BCUT2D eigenvalue weighted by Gasteiger charge is -2.43. The van der Waals surface area contributed by atoms with E-state index in [2.05, 4.69) is 5.32 Å². The summed E-state index contributed by atoms with van der Waals surface area (Å²) in [6, 6.07) is 20.9. The highest BCUT2D eigenvalue weighted by atomic mass is 19.1. The third-order valence-electron chi connectivity index (χ3n) is 9.75. The van der Waals surface area contributed by atoms with Gasteiger partial charge in [0.25, 0.3) is 5.91 Å². The van der Waals surface area contributed by atoms with Gasteiger partial charge >= 0.3 is 0 Å². The molecule has 13 heteroatoms. The molecule has 0 unspecified atom stereocenters. The predicted molar refractivity (Wildman–Crippen MR) is 207 cm³/mol. The first kappa shape index (κ1) is 41.3. The van der Waals surface area contributed by atoms with E-state index in [1.807, 2.05) is 42.5 Å². The molecule has 4 aromatic rings. The molecular weight excluding hydrogens is 691 g/mol. The highest BCUT2D eigenvalue weighted by Crippen LogP contribution is 2.32. The third-order valence-corrected chi connectivity index (χ3v) is 9.75. The van der Waals surface area contributed by atoms with Crippen molar-refractivity contribution < 1.29 is 33.5 Å². The first-order chi connectivity index (χ1) is 25.9. The summed E-state index contributed by atoms with van der Waals surface area (Å²) < 4.78 is 13.4. The van der Waals surface area contributed by atoms with E-state index in [1.165, 1.54) is 55.3 Å². The summed E-state index contributed by atoms with van der Waals surface area (Å²) in [5, 5.41) is 14.9. The summed E-state index contributed by atoms with van der Waals surface area (Å²) in [4.78, 5) is 71.9. The summed E-state index contributed by atoms with van der Waals surface area (Å²) in [5.41, 5.74) is 17.8. The van der Waals surface area contributed by atoms with Crippen molar-refractivity contribution in [2.75, 3.05) is 30.8 Å². The molecule has 0 bridgehead atoms. The van der Waals surface area contributed by atoms with Gasteiger partial charge in [0.2, 0.25) is 11.8 Å². The molecule has 3 amide bonds. The van der Waals surface area contributed by atoms with Crippen molar-refractivity contribution >= 4 is 51.9 Å². The molecule has 0 aliphatic rings. The van der Waals surface area contributed by atoms with Crippen molar-refractivity contribution in [3.05, 3.63) is 108 Å². The van der Waals surface area contributed by atoms with Crippen molar-refractivity contribution in [1.29, 1.82) is 0 Å². The number of carbonyl (C=O) groups excluding carboxylic acids is 5. The summed E-state index contributed by atoms with van der Waals surface area (Å²) in [7, 11) is 1.43. The number of nitrogens with one attached hydrogen (secondary N) is 1. The highest BCUT2D eigenvalue weighted by Gasteiger charge is 2.51. The number of Topliss-reactive ketones (excluding diaryl/α,β-unsaturated/α-hetero) is 1. The van der Waals surface area contributed by atoms with Gasteiger partial charge in [0.15, 0.2) is 17.6 Å². The van der Waals surface area contributed by atoms with Crippen LogP contribution in [0.5, 0.6) is 0 Å². The Morgan fingerprint density at radius 1 is 0.944 bits per heavy atom. The van der Waals surface area contributed by atoms with Crippen molar-refractivity contribution in [3.8, 4) is 0 Å². The van der Waals surface area contributed by atoms with Crippen LogP contribution < -0.4 is 27.4 Å².